The lowest BCUT2D eigenvalue weighted by Gasteiger charge is -2.18. The summed E-state index contributed by atoms with van der Waals surface area (Å²) in [6.07, 6.45) is 0. The molecule has 3 nitrogen and oxygen atoms in total. The molecule has 19 heavy (non-hydrogen) atoms. The van der Waals surface area contributed by atoms with E-state index in [1.807, 2.05) is 48.5 Å². The van der Waals surface area contributed by atoms with Gasteiger partial charge in [0.25, 0.3) is 0 Å². The molecule has 0 radical (unpaired) electrons. The first-order valence-corrected chi connectivity index (χ1v) is 6.79. The summed E-state index contributed by atoms with van der Waals surface area (Å²) in [6, 6.07) is 15.4. The lowest BCUT2D eigenvalue weighted by atomic mass is 10.1. The molecule has 0 heterocycles. The SMILES string of the molecule is COc1ccc(NC(CO)c2ccc(Br)cc2)cc1. The maximum absolute atomic E-state index is 9.51. The van der Waals surface area contributed by atoms with Crippen molar-refractivity contribution in [1.82, 2.24) is 0 Å². The van der Waals surface area contributed by atoms with Crippen molar-refractivity contribution in [2.75, 3.05) is 19.0 Å². The van der Waals surface area contributed by atoms with Crippen LogP contribution in [0.1, 0.15) is 11.6 Å². The average Bonchev–Trinajstić information content (AvgIpc) is 2.46. The highest BCUT2D eigenvalue weighted by Gasteiger charge is 2.09. The van der Waals surface area contributed by atoms with E-state index in [0.29, 0.717) is 0 Å². The van der Waals surface area contributed by atoms with E-state index >= 15 is 0 Å². The van der Waals surface area contributed by atoms with E-state index < -0.39 is 0 Å². The van der Waals surface area contributed by atoms with Gasteiger partial charge in [0.05, 0.1) is 19.8 Å². The smallest absolute Gasteiger partial charge is 0.119 e. The molecule has 0 amide bonds. The molecular weight excluding hydrogens is 306 g/mol. The van der Waals surface area contributed by atoms with Crippen LogP contribution in [0, 0.1) is 0 Å². The van der Waals surface area contributed by atoms with Gasteiger partial charge in [-0.25, -0.2) is 0 Å². The fourth-order valence-electron chi connectivity index (χ4n) is 1.82. The summed E-state index contributed by atoms with van der Waals surface area (Å²) in [4.78, 5) is 0. The molecule has 100 valence electrons. The summed E-state index contributed by atoms with van der Waals surface area (Å²) >= 11 is 3.40. The molecule has 0 bridgehead atoms. The predicted molar refractivity (Wildman–Crippen MR) is 80.6 cm³/mol. The van der Waals surface area contributed by atoms with Gasteiger partial charge in [-0.1, -0.05) is 28.1 Å². The summed E-state index contributed by atoms with van der Waals surface area (Å²) in [5, 5.41) is 12.8. The Labute approximate surface area is 121 Å². The van der Waals surface area contributed by atoms with E-state index in [1.165, 1.54) is 0 Å². The highest BCUT2D eigenvalue weighted by Crippen LogP contribution is 2.22. The molecule has 2 rings (SSSR count). The molecule has 1 unspecified atom stereocenters. The number of hydrogen-bond acceptors (Lipinski definition) is 3. The van der Waals surface area contributed by atoms with Crippen molar-refractivity contribution in [3.05, 3.63) is 58.6 Å². The summed E-state index contributed by atoms with van der Waals surface area (Å²) < 4.78 is 6.14. The Balaban J connectivity index is 2.11. The second kappa shape index (κ2) is 6.59. The van der Waals surface area contributed by atoms with E-state index in [9.17, 15) is 5.11 Å². The minimum atomic E-state index is -0.124. The average molecular weight is 322 g/mol. The highest BCUT2D eigenvalue weighted by molar-refractivity contribution is 9.10. The number of aliphatic hydroxyl groups is 1. The first-order chi connectivity index (χ1) is 9.22. The third kappa shape index (κ3) is 3.72. The van der Waals surface area contributed by atoms with Crippen LogP contribution in [0.2, 0.25) is 0 Å². The number of aliphatic hydroxyl groups excluding tert-OH is 1. The van der Waals surface area contributed by atoms with Gasteiger partial charge in [0.1, 0.15) is 5.75 Å². The summed E-state index contributed by atoms with van der Waals surface area (Å²) in [5.74, 6) is 0.815. The third-order valence-electron chi connectivity index (χ3n) is 2.89. The van der Waals surface area contributed by atoms with E-state index in [1.54, 1.807) is 7.11 Å². The first kappa shape index (κ1) is 13.9. The van der Waals surface area contributed by atoms with Crippen LogP contribution in [-0.2, 0) is 0 Å². The van der Waals surface area contributed by atoms with Crippen LogP contribution >= 0.6 is 15.9 Å². The molecule has 2 aromatic carbocycles. The Morgan fingerprint density at radius 1 is 1.11 bits per heavy atom. The number of ether oxygens (including phenoxy) is 1. The van der Waals surface area contributed by atoms with Gasteiger partial charge in [0.15, 0.2) is 0 Å². The molecular formula is C15H16BrNO2. The monoisotopic (exact) mass is 321 g/mol. The maximum atomic E-state index is 9.51. The summed E-state index contributed by atoms with van der Waals surface area (Å²) in [6.45, 7) is 0.0354. The van der Waals surface area contributed by atoms with E-state index in [2.05, 4.69) is 21.2 Å². The molecule has 0 spiro atoms. The van der Waals surface area contributed by atoms with Gasteiger partial charge in [-0.15, -0.1) is 0 Å². The molecule has 0 aliphatic carbocycles. The molecule has 0 saturated heterocycles. The molecule has 0 aliphatic heterocycles. The van der Waals surface area contributed by atoms with Crippen molar-refractivity contribution in [3.8, 4) is 5.75 Å². The molecule has 0 aromatic heterocycles. The van der Waals surface area contributed by atoms with E-state index in [-0.39, 0.29) is 12.6 Å². The molecule has 0 saturated carbocycles. The minimum absolute atomic E-state index is 0.0354. The van der Waals surface area contributed by atoms with Crippen LogP contribution in [0.4, 0.5) is 5.69 Å². The number of methoxy groups -OCH3 is 1. The Bertz CT molecular complexity index is 511. The van der Waals surface area contributed by atoms with Gasteiger partial charge < -0.3 is 15.2 Å². The molecule has 1 atom stereocenters. The van der Waals surface area contributed by atoms with Crippen molar-refractivity contribution in [3.63, 3.8) is 0 Å². The van der Waals surface area contributed by atoms with Crippen LogP contribution in [-0.4, -0.2) is 18.8 Å². The van der Waals surface area contributed by atoms with Crippen molar-refractivity contribution in [2.24, 2.45) is 0 Å². The topological polar surface area (TPSA) is 41.5 Å². The van der Waals surface area contributed by atoms with Crippen LogP contribution in [0.3, 0.4) is 0 Å². The first-order valence-electron chi connectivity index (χ1n) is 6.00. The molecule has 4 heteroatoms. The molecule has 2 aromatic rings. The van der Waals surface area contributed by atoms with Crippen molar-refractivity contribution in [1.29, 1.82) is 0 Å². The number of nitrogens with one attached hydrogen (secondary N) is 1. The van der Waals surface area contributed by atoms with Gasteiger partial charge in [-0.05, 0) is 42.0 Å². The lowest BCUT2D eigenvalue weighted by Crippen LogP contribution is -2.14. The van der Waals surface area contributed by atoms with Gasteiger partial charge >= 0.3 is 0 Å². The van der Waals surface area contributed by atoms with Crippen molar-refractivity contribution >= 4 is 21.6 Å². The van der Waals surface area contributed by atoms with Crippen LogP contribution in [0.25, 0.3) is 0 Å². The summed E-state index contributed by atoms with van der Waals surface area (Å²) in [7, 11) is 1.64. The normalized spacial score (nSPS) is 11.9. The minimum Gasteiger partial charge on any atom is -0.497 e. The van der Waals surface area contributed by atoms with Gasteiger partial charge in [-0.2, -0.15) is 0 Å². The highest BCUT2D eigenvalue weighted by atomic mass is 79.9. The number of halogens is 1. The zero-order chi connectivity index (χ0) is 13.7. The van der Waals surface area contributed by atoms with Crippen molar-refractivity contribution in [2.45, 2.75) is 6.04 Å². The molecule has 0 fully saturated rings. The van der Waals surface area contributed by atoms with Crippen LogP contribution < -0.4 is 10.1 Å². The second-order valence-corrected chi connectivity index (χ2v) is 5.08. The number of benzene rings is 2. The number of anilines is 1. The predicted octanol–water partition coefficient (Wildman–Crippen LogP) is 3.60. The lowest BCUT2D eigenvalue weighted by molar-refractivity contribution is 0.276. The van der Waals surface area contributed by atoms with Gasteiger partial charge in [0.2, 0.25) is 0 Å². The Morgan fingerprint density at radius 3 is 2.26 bits per heavy atom. The maximum Gasteiger partial charge on any atom is 0.119 e. The third-order valence-corrected chi connectivity index (χ3v) is 3.41. The fourth-order valence-corrected chi connectivity index (χ4v) is 2.08. The largest absolute Gasteiger partial charge is 0.497 e. The standard InChI is InChI=1S/C15H16BrNO2/c1-19-14-8-6-13(7-9-14)17-15(10-18)11-2-4-12(16)5-3-11/h2-9,15,17-18H,10H2,1H3. The Morgan fingerprint density at radius 2 is 1.74 bits per heavy atom. The number of rotatable bonds is 5. The van der Waals surface area contributed by atoms with Crippen molar-refractivity contribution < 1.29 is 9.84 Å². The second-order valence-electron chi connectivity index (χ2n) is 4.16. The van der Waals surface area contributed by atoms with Gasteiger partial charge in [-0.3, -0.25) is 0 Å². The summed E-state index contributed by atoms with van der Waals surface area (Å²) in [5.41, 5.74) is 1.99. The quantitative estimate of drug-likeness (QED) is 0.884. The zero-order valence-corrected chi connectivity index (χ0v) is 12.2. The fraction of sp³-hybridized carbons (Fsp3) is 0.200. The van der Waals surface area contributed by atoms with Crippen LogP contribution in [0.15, 0.2) is 53.0 Å². The van der Waals surface area contributed by atoms with Gasteiger partial charge in [0, 0.05) is 10.2 Å². The Kier molecular flexibility index (Phi) is 4.82. The number of hydrogen-bond donors (Lipinski definition) is 2. The van der Waals surface area contributed by atoms with Crippen LogP contribution in [0.5, 0.6) is 5.75 Å². The van der Waals surface area contributed by atoms with E-state index in [0.717, 1.165) is 21.5 Å². The Hall–Kier alpha value is -1.52. The molecule has 2 N–H and O–H groups in total. The molecule has 0 aliphatic rings. The zero-order valence-electron chi connectivity index (χ0n) is 10.6. The van der Waals surface area contributed by atoms with E-state index in [4.69, 9.17) is 4.74 Å².